The first-order chi connectivity index (χ1) is 8.02. The van der Waals surface area contributed by atoms with Gasteiger partial charge in [-0.3, -0.25) is 0 Å². The Balaban J connectivity index is 2.27. The Morgan fingerprint density at radius 3 is 3.00 bits per heavy atom. The Morgan fingerprint density at radius 2 is 2.29 bits per heavy atom. The lowest BCUT2D eigenvalue weighted by Gasteiger charge is -2.35. The van der Waals surface area contributed by atoms with E-state index in [4.69, 9.17) is 11.0 Å². The van der Waals surface area contributed by atoms with Crippen molar-refractivity contribution in [2.45, 2.75) is 32.2 Å². The number of hydrogen-bond donors (Lipinski definition) is 1. The van der Waals surface area contributed by atoms with E-state index in [0.717, 1.165) is 19.4 Å². The van der Waals surface area contributed by atoms with Crippen LogP contribution in [-0.4, -0.2) is 18.6 Å². The van der Waals surface area contributed by atoms with E-state index in [1.807, 2.05) is 0 Å². The zero-order chi connectivity index (χ0) is 12.5. The molecule has 2 rings (SSSR count). The number of benzene rings is 1. The second kappa shape index (κ2) is 4.38. The van der Waals surface area contributed by atoms with E-state index in [0.29, 0.717) is 6.54 Å². The summed E-state index contributed by atoms with van der Waals surface area (Å²) in [7, 11) is 0. The molecule has 1 heterocycles. The fraction of sp³-hybridized carbons (Fsp3) is 0.500. The molecule has 1 unspecified atom stereocenters. The van der Waals surface area contributed by atoms with Gasteiger partial charge in [-0.2, -0.15) is 5.26 Å². The van der Waals surface area contributed by atoms with Crippen molar-refractivity contribution in [1.29, 1.82) is 5.26 Å². The quantitative estimate of drug-likeness (QED) is 0.843. The van der Waals surface area contributed by atoms with E-state index >= 15 is 0 Å². The summed E-state index contributed by atoms with van der Waals surface area (Å²) in [5.41, 5.74) is 9.07. The van der Waals surface area contributed by atoms with Gasteiger partial charge in [0.25, 0.3) is 0 Å². The number of hydrogen-bond acceptors (Lipinski definition) is 3. The maximum Gasteiger partial charge on any atom is 0.119 e. The Morgan fingerprint density at radius 1 is 1.53 bits per heavy atom. The van der Waals surface area contributed by atoms with Gasteiger partial charge in [0.2, 0.25) is 0 Å². The summed E-state index contributed by atoms with van der Waals surface area (Å²) in [4.78, 5) is 2.24. The molecule has 0 fully saturated rings. The Bertz CT molecular complexity index is 457. The van der Waals surface area contributed by atoms with E-state index in [1.54, 1.807) is 6.92 Å². The largest absolute Gasteiger partial charge is 0.368 e. The molecule has 0 amide bonds. The molecule has 1 aliphatic rings. The van der Waals surface area contributed by atoms with Crippen LogP contribution in [-0.2, 0) is 6.42 Å². The lowest BCUT2D eigenvalue weighted by Crippen LogP contribution is -2.48. The van der Waals surface area contributed by atoms with E-state index in [2.05, 4.69) is 36.1 Å². The molecule has 0 saturated carbocycles. The van der Waals surface area contributed by atoms with Crippen LogP contribution in [0.3, 0.4) is 0 Å². The van der Waals surface area contributed by atoms with Gasteiger partial charge < -0.3 is 10.6 Å². The molecular weight excluding hydrogens is 210 g/mol. The minimum Gasteiger partial charge on any atom is -0.368 e. The van der Waals surface area contributed by atoms with Gasteiger partial charge in [0.15, 0.2) is 0 Å². The third kappa shape index (κ3) is 2.59. The number of nitriles is 1. The number of nitrogens with two attached hydrogens (primary N) is 1. The van der Waals surface area contributed by atoms with Crippen LogP contribution in [0.25, 0.3) is 0 Å². The van der Waals surface area contributed by atoms with E-state index in [1.165, 1.54) is 16.8 Å². The van der Waals surface area contributed by atoms with Crippen LogP contribution >= 0.6 is 0 Å². The number of fused-ring (bicyclic) bond motifs is 1. The van der Waals surface area contributed by atoms with Crippen LogP contribution in [0.2, 0.25) is 0 Å². The van der Waals surface area contributed by atoms with Crippen LogP contribution in [0.1, 0.15) is 24.5 Å². The first kappa shape index (κ1) is 11.9. The van der Waals surface area contributed by atoms with Crippen molar-refractivity contribution < 1.29 is 0 Å². The lowest BCUT2D eigenvalue weighted by molar-refractivity contribution is 0.554. The number of anilines is 1. The highest BCUT2D eigenvalue weighted by atomic mass is 15.2. The average molecular weight is 229 g/mol. The summed E-state index contributed by atoms with van der Waals surface area (Å²) in [6, 6.07) is 8.68. The number of rotatable bonds is 2. The van der Waals surface area contributed by atoms with Gasteiger partial charge >= 0.3 is 0 Å². The van der Waals surface area contributed by atoms with Gasteiger partial charge in [-0.25, -0.2) is 0 Å². The molecule has 0 aromatic heterocycles. The minimum atomic E-state index is -0.778. The lowest BCUT2D eigenvalue weighted by atomic mass is 9.97. The van der Waals surface area contributed by atoms with Crippen molar-refractivity contribution in [2.75, 3.05) is 18.0 Å². The highest BCUT2D eigenvalue weighted by molar-refractivity contribution is 5.57. The summed E-state index contributed by atoms with van der Waals surface area (Å²) in [5.74, 6) is 0. The molecular formula is C14H19N3. The molecule has 0 aliphatic carbocycles. The van der Waals surface area contributed by atoms with Gasteiger partial charge in [-0.1, -0.05) is 17.7 Å². The van der Waals surface area contributed by atoms with Gasteiger partial charge in [0, 0.05) is 18.8 Å². The summed E-state index contributed by atoms with van der Waals surface area (Å²) in [6.45, 7) is 5.49. The van der Waals surface area contributed by atoms with Crippen LogP contribution in [0.15, 0.2) is 18.2 Å². The molecule has 0 bridgehead atoms. The molecule has 3 heteroatoms. The van der Waals surface area contributed by atoms with Crippen molar-refractivity contribution in [3.05, 3.63) is 29.3 Å². The van der Waals surface area contributed by atoms with Crippen LogP contribution in [0.4, 0.5) is 5.69 Å². The number of aryl methyl sites for hydroxylation is 2. The Kier molecular flexibility index (Phi) is 3.08. The normalized spacial score (nSPS) is 18.1. The summed E-state index contributed by atoms with van der Waals surface area (Å²) in [5, 5.41) is 9.02. The SMILES string of the molecule is Cc1ccc2c(c1)CCCN2CC(C)(N)C#N. The summed E-state index contributed by atoms with van der Waals surface area (Å²) < 4.78 is 0. The standard InChI is InChI=1S/C14H19N3/c1-11-5-6-13-12(8-11)4-3-7-17(13)10-14(2,16)9-15/h5-6,8H,3-4,7,10,16H2,1-2H3. The van der Waals surface area contributed by atoms with Gasteiger partial charge in [-0.05, 0) is 38.3 Å². The molecule has 1 atom stereocenters. The smallest absolute Gasteiger partial charge is 0.119 e. The molecule has 2 N–H and O–H groups in total. The fourth-order valence-electron chi connectivity index (χ4n) is 2.40. The van der Waals surface area contributed by atoms with Gasteiger partial charge in [-0.15, -0.1) is 0 Å². The van der Waals surface area contributed by atoms with E-state index < -0.39 is 5.54 Å². The van der Waals surface area contributed by atoms with Gasteiger partial charge in [0.1, 0.15) is 5.54 Å². The molecule has 90 valence electrons. The molecule has 0 radical (unpaired) electrons. The fourth-order valence-corrected chi connectivity index (χ4v) is 2.40. The second-order valence-corrected chi connectivity index (χ2v) is 5.19. The van der Waals surface area contributed by atoms with Crippen molar-refractivity contribution in [1.82, 2.24) is 0 Å². The van der Waals surface area contributed by atoms with Gasteiger partial charge in [0.05, 0.1) is 6.07 Å². The molecule has 0 spiro atoms. The topological polar surface area (TPSA) is 53.0 Å². The summed E-state index contributed by atoms with van der Waals surface area (Å²) >= 11 is 0. The maximum atomic E-state index is 9.02. The predicted octanol–water partition coefficient (Wildman–Crippen LogP) is 1.99. The van der Waals surface area contributed by atoms with Crippen molar-refractivity contribution >= 4 is 5.69 Å². The molecule has 1 aromatic carbocycles. The highest BCUT2D eigenvalue weighted by Gasteiger charge is 2.25. The first-order valence-electron chi connectivity index (χ1n) is 6.06. The first-order valence-corrected chi connectivity index (χ1v) is 6.06. The Hall–Kier alpha value is -1.53. The van der Waals surface area contributed by atoms with Crippen LogP contribution in [0.5, 0.6) is 0 Å². The monoisotopic (exact) mass is 229 g/mol. The third-order valence-electron chi connectivity index (χ3n) is 3.22. The van der Waals surface area contributed by atoms with Crippen molar-refractivity contribution in [2.24, 2.45) is 5.73 Å². The van der Waals surface area contributed by atoms with Crippen molar-refractivity contribution in [3.8, 4) is 6.07 Å². The van der Waals surface area contributed by atoms with Crippen molar-refractivity contribution in [3.63, 3.8) is 0 Å². The molecule has 0 saturated heterocycles. The van der Waals surface area contributed by atoms with Crippen LogP contribution < -0.4 is 10.6 Å². The zero-order valence-electron chi connectivity index (χ0n) is 10.5. The second-order valence-electron chi connectivity index (χ2n) is 5.19. The minimum absolute atomic E-state index is 0.597. The molecule has 17 heavy (non-hydrogen) atoms. The summed E-state index contributed by atoms with van der Waals surface area (Å²) in [6.07, 6.45) is 2.26. The van der Waals surface area contributed by atoms with E-state index in [-0.39, 0.29) is 0 Å². The number of nitrogens with zero attached hydrogens (tertiary/aromatic N) is 2. The van der Waals surface area contributed by atoms with E-state index in [9.17, 15) is 0 Å². The molecule has 1 aromatic rings. The molecule has 1 aliphatic heterocycles. The average Bonchev–Trinajstić information content (AvgIpc) is 2.28. The maximum absolute atomic E-state index is 9.02. The third-order valence-corrected chi connectivity index (χ3v) is 3.22. The highest BCUT2D eigenvalue weighted by Crippen LogP contribution is 2.28. The Labute approximate surface area is 103 Å². The van der Waals surface area contributed by atoms with Crippen LogP contribution in [0, 0.1) is 18.3 Å². The molecule has 3 nitrogen and oxygen atoms in total. The predicted molar refractivity (Wildman–Crippen MR) is 69.9 cm³/mol. The zero-order valence-corrected chi connectivity index (χ0v) is 10.5.